The highest BCUT2D eigenvalue weighted by molar-refractivity contribution is 6.13. The first-order valence-electron chi connectivity index (χ1n) is 12.9. The predicted molar refractivity (Wildman–Crippen MR) is 152 cm³/mol. The molecule has 7 aromatic rings. The number of halogens is 1. The summed E-state index contributed by atoms with van der Waals surface area (Å²) in [6, 6.07) is 23.5. The van der Waals surface area contributed by atoms with E-state index < -0.39 is 5.95 Å². The first kappa shape index (κ1) is 23.2. The van der Waals surface area contributed by atoms with Gasteiger partial charge >= 0.3 is 0 Å². The number of nitrogens with zero attached hydrogens (tertiary/aromatic N) is 5. The molecular formula is C32H24FN5O. The van der Waals surface area contributed by atoms with Crippen molar-refractivity contribution < 1.29 is 9.13 Å². The molecule has 0 radical (unpaired) electrons. The molecule has 0 fully saturated rings. The molecule has 5 heterocycles. The van der Waals surface area contributed by atoms with Crippen LogP contribution in [0.25, 0.3) is 49.7 Å². The van der Waals surface area contributed by atoms with Crippen molar-refractivity contribution in [1.82, 2.24) is 24.3 Å². The van der Waals surface area contributed by atoms with Crippen LogP contribution in [-0.4, -0.2) is 24.3 Å². The van der Waals surface area contributed by atoms with E-state index in [0.717, 1.165) is 38.5 Å². The molecule has 2 aromatic carbocycles. The Morgan fingerprint density at radius 1 is 0.872 bits per heavy atom. The minimum atomic E-state index is -0.690. The lowest BCUT2D eigenvalue weighted by Crippen LogP contribution is -2.00. The first-order chi connectivity index (χ1) is 19.0. The van der Waals surface area contributed by atoms with Crippen LogP contribution in [0.5, 0.6) is 11.5 Å². The van der Waals surface area contributed by atoms with Crippen LogP contribution in [0.4, 0.5) is 4.39 Å². The summed E-state index contributed by atoms with van der Waals surface area (Å²) < 4.78 is 23.3. The Hall–Kier alpha value is -4.91. The van der Waals surface area contributed by atoms with Gasteiger partial charge in [0.15, 0.2) is 5.75 Å². The summed E-state index contributed by atoms with van der Waals surface area (Å²) in [7, 11) is 0. The second-order valence-corrected chi connectivity index (χ2v) is 9.95. The average molecular weight is 514 g/mol. The second-order valence-electron chi connectivity index (χ2n) is 9.95. The van der Waals surface area contributed by atoms with E-state index in [2.05, 4.69) is 52.5 Å². The molecule has 0 saturated heterocycles. The smallest absolute Gasteiger partial charge is 0.256 e. The molecule has 0 unspecified atom stereocenters. The van der Waals surface area contributed by atoms with Gasteiger partial charge in [-0.3, -0.25) is 14.4 Å². The van der Waals surface area contributed by atoms with Crippen molar-refractivity contribution in [3.63, 3.8) is 0 Å². The van der Waals surface area contributed by atoms with Crippen molar-refractivity contribution in [2.75, 3.05) is 0 Å². The average Bonchev–Trinajstić information content (AvgIpc) is 3.35. The first-order valence-corrected chi connectivity index (χ1v) is 12.9. The molecule has 190 valence electrons. The van der Waals surface area contributed by atoms with E-state index in [1.807, 2.05) is 42.5 Å². The zero-order chi connectivity index (χ0) is 26.7. The van der Waals surface area contributed by atoms with Crippen LogP contribution in [0.2, 0.25) is 0 Å². The van der Waals surface area contributed by atoms with Crippen molar-refractivity contribution in [3.8, 4) is 22.8 Å². The van der Waals surface area contributed by atoms with Gasteiger partial charge in [0.25, 0.3) is 5.95 Å². The van der Waals surface area contributed by atoms with Gasteiger partial charge in [0.05, 0.1) is 39.7 Å². The van der Waals surface area contributed by atoms with Crippen LogP contribution in [0.15, 0.2) is 85.2 Å². The van der Waals surface area contributed by atoms with Crippen molar-refractivity contribution in [1.29, 1.82) is 0 Å². The largest absolute Gasteiger partial charge is 0.451 e. The Bertz CT molecular complexity index is 2050. The third-order valence-corrected chi connectivity index (χ3v) is 7.14. The minimum absolute atomic E-state index is 0.00980. The Balaban J connectivity index is 1.47. The van der Waals surface area contributed by atoms with Gasteiger partial charge in [-0.1, -0.05) is 44.2 Å². The number of hydrogen-bond acceptors (Lipinski definition) is 5. The lowest BCUT2D eigenvalue weighted by Gasteiger charge is -2.15. The maximum absolute atomic E-state index is 15.0. The van der Waals surface area contributed by atoms with Gasteiger partial charge in [-0.25, -0.2) is 9.97 Å². The summed E-state index contributed by atoms with van der Waals surface area (Å²) in [5, 5.41) is 1.90. The number of para-hydroxylation sites is 2. The molecule has 7 heteroatoms. The summed E-state index contributed by atoms with van der Waals surface area (Å²) in [4.78, 5) is 18.3. The second kappa shape index (κ2) is 8.84. The van der Waals surface area contributed by atoms with Crippen LogP contribution in [0.1, 0.15) is 31.0 Å². The number of aromatic nitrogens is 5. The molecule has 0 amide bonds. The van der Waals surface area contributed by atoms with Gasteiger partial charge in [0.1, 0.15) is 11.4 Å². The van der Waals surface area contributed by atoms with E-state index in [1.165, 1.54) is 5.56 Å². The Kier molecular flexibility index (Phi) is 5.26. The number of imidazole rings is 1. The van der Waals surface area contributed by atoms with E-state index >= 15 is 0 Å². The normalized spacial score (nSPS) is 11.8. The van der Waals surface area contributed by atoms with E-state index in [1.54, 1.807) is 25.4 Å². The number of benzene rings is 2. The summed E-state index contributed by atoms with van der Waals surface area (Å²) >= 11 is 0. The number of ether oxygens (including phenoxy) is 1. The van der Waals surface area contributed by atoms with Gasteiger partial charge in [-0.05, 0) is 60.9 Å². The van der Waals surface area contributed by atoms with Crippen molar-refractivity contribution in [2.45, 2.75) is 26.7 Å². The molecular weight excluding hydrogens is 489 g/mol. The van der Waals surface area contributed by atoms with E-state index in [9.17, 15) is 4.39 Å². The van der Waals surface area contributed by atoms with Gasteiger partial charge in [-0.2, -0.15) is 4.39 Å². The fraction of sp³-hybridized carbons (Fsp3) is 0.125. The Morgan fingerprint density at radius 2 is 1.69 bits per heavy atom. The number of rotatable bonds is 4. The van der Waals surface area contributed by atoms with Crippen LogP contribution >= 0.6 is 0 Å². The summed E-state index contributed by atoms with van der Waals surface area (Å²) in [6.45, 7) is 6.12. The zero-order valence-electron chi connectivity index (χ0n) is 21.7. The number of hydrogen-bond donors (Lipinski definition) is 0. The molecule has 0 aliphatic heterocycles. The summed E-state index contributed by atoms with van der Waals surface area (Å²) in [6.07, 6.45) is 3.33. The van der Waals surface area contributed by atoms with Crippen molar-refractivity contribution >= 4 is 38.5 Å². The van der Waals surface area contributed by atoms with Gasteiger partial charge in [0, 0.05) is 22.5 Å². The zero-order valence-corrected chi connectivity index (χ0v) is 21.7. The molecule has 0 N–H and O–H groups in total. The van der Waals surface area contributed by atoms with Crippen molar-refractivity contribution in [2.24, 2.45) is 0 Å². The van der Waals surface area contributed by atoms with E-state index in [-0.39, 0.29) is 5.75 Å². The van der Waals surface area contributed by atoms with Gasteiger partial charge < -0.3 is 4.74 Å². The highest BCUT2D eigenvalue weighted by atomic mass is 19.1. The molecule has 0 aliphatic rings. The van der Waals surface area contributed by atoms with E-state index in [0.29, 0.717) is 28.6 Å². The van der Waals surface area contributed by atoms with E-state index in [4.69, 9.17) is 14.7 Å². The number of fused-ring (bicyclic) bond motifs is 8. The fourth-order valence-electron chi connectivity index (χ4n) is 5.34. The third kappa shape index (κ3) is 3.69. The number of pyridine rings is 4. The standard InChI is InChI=1S/C32H24FN5O/c1-18(2)21-9-8-13-27-29(21)30-23(32-37-25-11-4-5-12-26(25)38(27)32)15-20(17-35-30)39-28-16-22(19(3)36-31(28)33)24-10-6-7-14-34-24/h4-18H,1-3H3. The lowest BCUT2D eigenvalue weighted by molar-refractivity contribution is 0.427. The minimum Gasteiger partial charge on any atom is -0.451 e. The summed E-state index contributed by atoms with van der Waals surface area (Å²) in [5.41, 5.74) is 7.70. The Labute approximate surface area is 223 Å². The lowest BCUT2D eigenvalue weighted by atomic mass is 9.96. The summed E-state index contributed by atoms with van der Waals surface area (Å²) in [5.74, 6) is 0.00845. The van der Waals surface area contributed by atoms with Crippen molar-refractivity contribution in [3.05, 3.63) is 102 Å². The Morgan fingerprint density at radius 3 is 2.51 bits per heavy atom. The maximum atomic E-state index is 15.0. The molecule has 6 nitrogen and oxygen atoms in total. The monoisotopic (exact) mass is 513 g/mol. The molecule has 5 aromatic heterocycles. The highest BCUT2D eigenvalue weighted by Crippen LogP contribution is 2.38. The van der Waals surface area contributed by atoms with Crippen LogP contribution in [0, 0.1) is 12.9 Å². The van der Waals surface area contributed by atoms with Gasteiger partial charge in [0.2, 0.25) is 0 Å². The molecule has 0 atom stereocenters. The van der Waals surface area contributed by atoms with Crippen LogP contribution in [-0.2, 0) is 0 Å². The SMILES string of the molecule is Cc1nc(F)c(Oc2cnc3c(c2)c2nc4ccccc4n2c2cccc(C(C)C)c32)cc1-c1ccccn1. The predicted octanol–water partition coefficient (Wildman–Crippen LogP) is 8.01. The van der Waals surface area contributed by atoms with Crippen LogP contribution in [0.3, 0.4) is 0 Å². The molecule has 0 bridgehead atoms. The molecule has 0 saturated carbocycles. The highest BCUT2D eigenvalue weighted by Gasteiger charge is 2.19. The third-order valence-electron chi connectivity index (χ3n) is 7.14. The molecule has 7 rings (SSSR count). The fourth-order valence-corrected chi connectivity index (χ4v) is 5.34. The topological polar surface area (TPSA) is 65.2 Å². The van der Waals surface area contributed by atoms with Gasteiger partial charge in [-0.15, -0.1) is 0 Å². The molecule has 0 spiro atoms. The maximum Gasteiger partial charge on any atom is 0.256 e. The number of aryl methyl sites for hydroxylation is 1. The molecule has 0 aliphatic carbocycles. The van der Waals surface area contributed by atoms with Crippen LogP contribution < -0.4 is 4.74 Å². The quantitative estimate of drug-likeness (QED) is 0.176. The molecule has 39 heavy (non-hydrogen) atoms.